The zero-order valence-corrected chi connectivity index (χ0v) is 11.6. The average molecular weight is 244 g/mol. The first-order valence-electron chi connectivity index (χ1n) is 5.78. The Morgan fingerprint density at radius 1 is 1.50 bits per heavy atom. The summed E-state index contributed by atoms with van der Waals surface area (Å²) in [6, 6.07) is 0. The molecule has 1 heterocycles. The van der Waals surface area contributed by atoms with E-state index in [9.17, 15) is 0 Å². The van der Waals surface area contributed by atoms with Crippen molar-refractivity contribution in [3.63, 3.8) is 0 Å². The monoisotopic (exact) mass is 243 g/mol. The quantitative estimate of drug-likeness (QED) is 0.883. The van der Waals surface area contributed by atoms with Crippen molar-refractivity contribution in [3.8, 4) is 0 Å². The Bertz CT molecular complexity index is 367. The summed E-state index contributed by atoms with van der Waals surface area (Å²) < 4.78 is 1.86. The van der Waals surface area contributed by atoms with E-state index in [-0.39, 0.29) is 5.54 Å². The molecule has 0 aliphatic rings. The van der Waals surface area contributed by atoms with Crippen molar-refractivity contribution in [1.29, 1.82) is 0 Å². The number of hydrogen-bond acceptors (Lipinski definition) is 2. The zero-order chi connectivity index (χ0) is 12.5. The van der Waals surface area contributed by atoms with Gasteiger partial charge in [-0.05, 0) is 19.3 Å². The lowest BCUT2D eigenvalue weighted by molar-refractivity contribution is 0.331. The van der Waals surface area contributed by atoms with Crippen LogP contribution >= 0.6 is 11.6 Å². The van der Waals surface area contributed by atoms with Gasteiger partial charge in [0.25, 0.3) is 0 Å². The van der Waals surface area contributed by atoms with E-state index >= 15 is 0 Å². The van der Waals surface area contributed by atoms with Crippen molar-refractivity contribution in [1.82, 2.24) is 9.78 Å². The molecule has 16 heavy (non-hydrogen) atoms. The van der Waals surface area contributed by atoms with E-state index in [2.05, 4.69) is 32.8 Å². The van der Waals surface area contributed by atoms with Gasteiger partial charge >= 0.3 is 0 Å². The fourth-order valence-electron chi connectivity index (χ4n) is 1.58. The molecule has 0 radical (unpaired) electrons. The van der Waals surface area contributed by atoms with Crippen molar-refractivity contribution in [2.24, 2.45) is 18.7 Å². The van der Waals surface area contributed by atoms with Crippen LogP contribution in [0.4, 0.5) is 0 Å². The summed E-state index contributed by atoms with van der Waals surface area (Å²) in [4.78, 5) is 0. The lowest BCUT2D eigenvalue weighted by Crippen LogP contribution is -2.44. The van der Waals surface area contributed by atoms with Gasteiger partial charge in [0, 0.05) is 19.0 Å². The minimum Gasteiger partial charge on any atom is -0.325 e. The van der Waals surface area contributed by atoms with Crippen molar-refractivity contribution in [2.45, 2.75) is 46.1 Å². The van der Waals surface area contributed by atoms with Gasteiger partial charge in [0.05, 0.1) is 16.4 Å². The van der Waals surface area contributed by atoms with Crippen LogP contribution in [0.15, 0.2) is 0 Å². The second-order valence-electron chi connectivity index (χ2n) is 5.02. The maximum atomic E-state index is 6.30. The fraction of sp³-hybridized carbons (Fsp3) is 0.750. The molecule has 0 aliphatic carbocycles. The largest absolute Gasteiger partial charge is 0.325 e. The van der Waals surface area contributed by atoms with Crippen molar-refractivity contribution >= 4 is 11.6 Å². The predicted molar refractivity (Wildman–Crippen MR) is 68.7 cm³/mol. The second kappa shape index (κ2) is 4.76. The van der Waals surface area contributed by atoms with E-state index in [1.54, 1.807) is 0 Å². The topological polar surface area (TPSA) is 43.8 Å². The first-order chi connectivity index (χ1) is 7.29. The van der Waals surface area contributed by atoms with Crippen LogP contribution < -0.4 is 5.73 Å². The maximum Gasteiger partial charge on any atom is 0.0850 e. The number of aromatic nitrogens is 2. The van der Waals surface area contributed by atoms with Crippen LogP contribution in [0.2, 0.25) is 5.02 Å². The Morgan fingerprint density at radius 2 is 2.06 bits per heavy atom. The molecule has 2 N–H and O–H groups in total. The summed E-state index contributed by atoms with van der Waals surface area (Å²) in [5, 5.41) is 5.18. The van der Waals surface area contributed by atoms with Crippen LogP contribution in [0.5, 0.6) is 0 Å². The van der Waals surface area contributed by atoms with Gasteiger partial charge in [-0.25, -0.2) is 0 Å². The first kappa shape index (κ1) is 13.5. The van der Waals surface area contributed by atoms with E-state index in [0.29, 0.717) is 5.92 Å². The number of rotatable bonds is 4. The van der Waals surface area contributed by atoms with Crippen LogP contribution in [-0.2, 0) is 19.9 Å². The zero-order valence-electron chi connectivity index (χ0n) is 10.8. The summed E-state index contributed by atoms with van der Waals surface area (Å²) in [5.74, 6) is 0.406. The second-order valence-corrected chi connectivity index (χ2v) is 5.40. The number of nitrogens with two attached hydrogens (primary N) is 1. The van der Waals surface area contributed by atoms with Gasteiger partial charge in [-0.3, -0.25) is 4.68 Å². The summed E-state index contributed by atoms with van der Waals surface area (Å²) in [6.07, 6.45) is 1.61. The minimum atomic E-state index is -0.248. The van der Waals surface area contributed by atoms with E-state index in [1.165, 1.54) is 0 Å². The molecule has 1 aromatic rings. The fourth-order valence-corrected chi connectivity index (χ4v) is 1.94. The van der Waals surface area contributed by atoms with E-state index in [0.717, 1.165) is 29.3 Å². The van der Waals surface area contributed by atoms with Crippen LogP contribution in [0.1, 0.15) is 39.1 Å². The summed E-state index contributed by atoms with van der Waals surface area (Å²) in [6.45, 7) is 8.38. The van der Waals surface area contributed by atoms with Crippen LogP contribution in [0, 0.1) is 5.92 Å². The molecule has 0 saturated heterocycles. The summed E-state index contributed by atoms with van der Waals surface area (Å²) in [7, 11) is 1.93. The average Bonchev–Trinajstić information content (AvgIpc) is 2.44. The highest BCUT2D eigenvalue weighted by molar-refractivity contribution is 6.31. The standard InChI is InChI=1S/C12H22ClN3/c1-6-9-11(13)10(16(5)15-9)7-12(4,14)8(2)3/h8H,6-7,14H2,1-5H3. The molecular weight excluding hydrogens is 222 g/mol. The molecule has 1 rings (SSSR count). The lowest BCUT2D eigenvalue weighted by Gasteiger charge is -2.29. The molecule has 0 saturated carbocycles. The Kier molecular flexibility index (Phi) is 4.02. The molecule has 1 aromatic heterocycles. The normalized spacial score (nSPS) is 15.5. The Morgan fingerprint density at radius 3 is 2.44 bits per heavy atom. The molecule has 92 valence electrons. The third kappa shape index (κ3) is 2.58. The SMILES string of the molecule is CCc1nn(C)c(CC(C)(N)C(C)C)c1Cl. The number of aryl methyl sites for hydroxylation is 2. The molecule has 0 fully saturated rings. The molecule has 0 aromatic carbocycles. The maximum absolute atomic E-state index is 6.30. The Balaban J connectivity index is 3.02. The van der Waals surface area contributed by atoms with Crippen LogP contribution in [-0.4, -0.2) is 15.3 Å². The van der Waals surface area contributed by atoms with Gasteiger partial charge in [0.1, 0.15) is 0 Å². The molecule has 1 unspecified atom stereocenters. The van der Waals surface area contributed by atoms with Gasteiger partial charge in [0.15, 0.2) is 0 Å². The predicted octanol–water partition coefficient (Wildman–Crippen LogP) is 2.55. The molecule has 0 aliphatic heterocycles. The molecule has 3 nitrogen and oxygen atoms in total. The van der Waals surface area contributed by atoms with Crippen molar-refractivity contribution in [2.75, 3.05) is 0 Å². The smallest absolute Gasteiger partial charge is 0.0850 e. The van der Waals surface area contributed by atoms with E-state index in [4.69, 9.17) is 17.3 Å². The number of halogens is 1. The van der Waals surface area contributed by atoms with Crippen LogP contribution in [0.25, 0.3) is 0 Å². The minimum absolute atomic E-state index is 0.248. The number of nitrogens with zero attached hydrogens (tertiary/aromatic N) is 2. The lowest BCUT2D eigenvalue weighted by atomic mass is 9.85. The van der Waals surface area contributed by atoms with E-state index < -0.39 is 0 Å². The van der Waals surface area contributed by atoms with E-state index in [1.807, 2.05) is 11.7 Å². The van der Waals surface area contributed by atoms with Crippen molar-refractivity contribution < 1.29 is 0 Å². The van der Waals surface area contributed by atoms with Crippen molar-refractivity contribution in [3.05, 3.63) is 16.4 Å². The summed E-state index contributed by atoms with van der Waals surface area (Å²) in [5.41, 5.74) is 8.03. The molecule has 0 spiro atoms. The molecule has 0 bridgehead atoms. The van der Waals surface area contributed by atoms with Gasteiger partial charge in [-0.2, -0.15) is 5.10 Å². The summed E-state index contributed by atoms with van der Waals surface area (Å²) >= 11 is 6.30. The Labute approximate surface area is 103 Å². The molecule has 0 amide bonds. The third-order valence-corrected chi connectivity index (χ3v) is 3.81. The highest BCUT2D eigenvalue weighted by atomic mass is 35.5. The van der Waals surface area contributed by atoms with Gasteiger partial charge in [-0.1, -0.05) is 32.4 Å². The first-order valence-corrected chi connectivity index (χ1v) is 6.16. The van der Waals surface area contributed by atoms with Gasteiger partial charge < -0.3 is 5.73 Å². The van der Waals surface area contributed by atoms with Crippen LogP contribution in [0.3, 0.4) is 0 Å². The Hall–Kier alpha value is -0.540. The molecular formula is C12H22ClN3. The molecule has 4 heteroatoms. The number of hydrogen-bond donors (Lipinski definition) is 1. The molecule has 1 atom stereocenters. The third-order valence-electron chi connectivity index (χ3n) is 3.37. The van der Waals surface area contributed by atoms with Gasteiger partial charge in [-0.15, -0.1) is 0 Å². The highest BCUT2D eigenvalue weighted by Gasteiger charge is 2.27. The van der Waals surface area contributed by atoms with Gasteiger partial charge in [0.2, 0.25) is 0 Å². The highest BCUT2D eigenvalue weighted by Crippen LogP contribution is 2.26.